The third-order valence-corrected chi connectivity index (χ3v) is 3.70. The zero-order chi connectivity index (χ0) is 13.9. The van der Waals surface area contributed by atoms with Crippen molar-refractivity contribution in [2.24, 2.45) is 11.7 Å². The van der Waals surface area contributed by atoms with Crippen LogP contribution in [0.2, 0.25) is 0 Å². The zero-order valence-electron chi connectivity index (χ0n) is 11.3. The molecule has 1 unspecified atom stereocenters. The van der Waals surface area contributed by atoms with Gasteiger partial charge in [-0.2, -0.15) is 0 Å². The molecule has 19 heavy (non-hydrogen) atoms. The number of aliphatic hydroxyl groups is 1. The first-order valence-corrected chi connectivity index (χ1v) is 6.71. The van der Waals surface area contributed by atoms with Crippen LogP contribution in [0.25, 0.3) is 0 Å². The molecule has 110 valence electrons. The number of phenols is 1. The number of aliphatic hydroxyl groups excluding tert-OH is 1. The van der Waals surface area contributed by atoms with Gasteiger partial charge in [0.1, 0.15) is 0 Å². The molecule has 4 N–H and O–H groups in total. The Balaban J connectivity index is 0.00000324. The predicted molar refractivity (Wildman–Crippen MR) is 82.0 cm³/mol. The van der Waals surface area contributed by atoms with Crippen LogP contribution in [0.1, 0.15) is 31.9 Å². The molecule has 1 aromatic rings. The Hall–Kier alpha value is -0.490. The molecule has 4 nitrogen and oxygen atoms in total. The highest BCUT2D eigenvalue weighted by molar-refractivity contribution is 9.10. The van der Waals surface area contributed by atoms with E-state index in [1.54, 1.807) is 12.1 Å². The smallest absolute Gasteiger partial charge is 0.162 e. The van der Waals surface area contributed by atoms with E-state index >= 15 is 0 Å². The summed E-state index contributed by atoms with van der Waals surface area (Å²) < 4.78 is 5.82. The minimum atomic E-state index is -0.708. The second kappa shape index (κ2) is 7.94. The largest absolute Gasteiger partial charge is 0.504 e. The lowest BCUT2D eigenvalue weighted by Crippen LogP contribution is -2.31. The van der Waals surface area contributed by atoms with Crippen molar-refractivity contribution in [1.82, 2.24) is 0 Å². The molecule has 0 radical (unpaired) electrons. The maximum atomic E-state index is 10.1. The van der Waals surface area contributed by atoms with Gasteiger partial charge in [0.2, 0.25) is 0 Å². The summed E-state index contributed by atoms with van der Waals surface area (Å²) in [4.78, 5) is 0. The summed E-state index contributed by atoms with van der Waals surface area (Å²) in [6, 6.07) is 2.71. The van der Waals surface area contributed by atoms with Crippen molar-refractivity contribution in [2.75, 3.05) is 7.11 Å². The number of hydrogen-bond acceptors (Lipinski definition) is 4. The molecule has 0 fully saturated rings. The van der Waals surface area contributed by atoms with Crippen LogP contribution >= 0.6 is 28.3 Å². The molecular weight excluding hydrogens is 334 g/mol. The van der Waals surface area contributed by atoms with Crippen molar-refractivity contribution in [3.63, 3.8) is 0 Å². The van der Waals surface area contributed by atoms with Crippen molar-refractivity contribution < 1.29 is 14.9 Å². The lowest BCUT2D eigenvalue weighted by atomic mass is 9.91. The summed E-state index contributed by atoms with van der Waals surface area (Å²) in [7, 11) is 1.47. The van der Waals surface area contributed by atoms with Gasteiger partial charge in [-0.05, 0) is 18.1 Å². The second-order valence-electron chi connectivity index (χ2n) is 4.45. The standard InChI is InChI=1S/C13H20BrNO3.ClH/c1-4-7(2)12(16)11(15)9-5-8(14)6-10(18-3)13(9)17;/h5-7,11-12,16-17H,4,15H2,1-3H3;1H/t7?,11-,12+;/m0./s1. The fourth-order valence-electron chi connectivity index (χ4n) is 1.78. The zero-order valence-corrected chi connectivity index (χ0v) is 13.7. The van der Waals surface area contributed by atoms with Gasteiger partial charge in [-0.3, -0.25) is 0 Å². The monoisotopic (exact) mass is 353 g/mol. The Morgan fingerprint density at radius 2 is 2.00 bits per heavy atom. The lowest BCUT2D eigenvalue weighted by molar-refractivity contribution is 0.0869. The van der Waals surface area contributed by atoms with Gasteiger partial charge in [0.15, 0.2) is 11.5 Å². The van der Waals surface area contributed by atoms with Crippen LogP contribution in [0.15, 0.2) is 16.6 Å². The van der Waals surface area contributed by atoms with Crippen LogP contribution in [0.4, 0.5) is 0 Å². The van der Waals surface area contributed by atoms with Crippen LogP contribution in [0.3, 0.4) is 0 Å². The van der Waals surface area contributed by atoms with Crippen LogP contribution in [-0.2, 0) is 0 Å². The van der Waals surface area contributed by atoms with E-state index in [9.17, 15) is 10.2 Å². The van der Waals surface area contributed by atoms with Gasteiger partial charge in [0.25, 0.3) is 0 Å². The average Bonchev–Trinajstić information content (AvgIpc) is 2.38. The number of rotatable bonds is 5. The molecular formula is C13H21BrClNO3. The Bertz CT molecular complexity index is 417. The lowest BCUT2D eigenvalue weighted by Gasteiger charge is -2.25. The highest BCUT2D eigenvalue weighted by Gasteiger charge is 2.25. The number of methoxy groups -OCH3 is 1. The summed E-state index contributed by atoms with van der Waals surface area (Å²) in [5.74, 6) is 0.381. The normalized spacial score (nSPS) is 15.3. The van der Waals surface area contributed by atoms with Gasteiger partial charge in [0, 0.05) is 10.0 Å². The van der Waals surface area contributed by atoms with E-state index in [4.69, 9.17) is 10.5 Å². The van der Waals surface area contributed by atoms with Gasteiger partial charge in [-0.15, -0.1) is 12.4 Å². The SMILES string of the molecule is CCC(C)[C@@H](O)[C@@H](N)c1cc(Br)cc(OC)c1O.Cl. The maximum absolute atomic E-state index is 10.1. The Kier molecular flexibility index (Phi) is 7.74. The van der Waals surface area contributed by atoms with Crippen molar-refractivity contribution in [2.45, 2.75) is 32.4 Å². The van der Waals surface area contributed by atoms with E-state index in [2.05, 4.69) is 15.9 Å². The highest BCUT2D eigenvalue weighted by atomic mass is 79.9. The summed E-state index contributed by atoms with van der Waals surface area (Å²) in [6.07, 6.45) is 0.112. The number of nitrogens with two attached hydrogens (primary N) is 1. The van der Waals surface area contributed by atoms with Crippen LogP contribution in [0.5, 0.6) is 11.5 Å². The predicted octanol–water partition coefficient (Wildman–Crippen LogP) is 2.99. The van der Waals surface area contributed by atoms with Gasteiger partial charge in [0.05, 0.1) is 19.3 Å². The highest BCUT2D eigenvalue weighted by Crippen LogP contribution is 2.38. The summed E-state index contributed by atoms with van der Waals surface area (Å²) >= 11 is 3.33. The van der Waals surface area contributed by atoms with E-state index in [1.165, 1.54) is 7.11 Å². The van der Waals surface area contributed by atoms with Gasteiger partial charge in [-0.25, -0.2) is 0 Å². The first-order chi connectivity index (χ1) is 8.42. The van der Waals surface area contributed by atoms with Crippen molar-refractivity contribution >= 4 is 28.3 Å². The van der Waals surface area contributed by atoms with Crippen molar-refractivity contribution in [3.05, 3.63) is 22.2 Å². The van der Waals surface area contributed by atoms with Crippen molar-refractivity contribution in [1.29, 1.82) is 0 Å². The molecule has 0 spiro atoms. The second-order valence-corrected chi connectivity index (χ2v) is 5.36. The van der Waals surface area contributed by atoms with Gasteiger partial charge >= 0.3 is 0 Å². The summed E-state index contributed by atoms with van der Waals surface area (Å²) in [5, 5.41) is 20.2. The maximum Gasteiger partial charge on any atom is 0.162 e. The Morgan fingerprint density at radius 3 is 2.47 bits per heavy atom. The van der Waals surface area contributed by atoms with E-state index in [-0.39, 0.29) is 24.1 Å². The summed E-state index contributed by atoms with van der Waals surface area (Å²) in [5.41, 5.74) is 6.50. The van der Waals surface area contributed by atoms with Crippen LogP contribution < -0.4 is 10.5 Å². The van der Waals surface area contributed by atoms with Crippen LogP contribution in [0, 0.1) is 5.92 Å². The summed E-state index contributed by atoms with van der Waals surface area (Å²) in [6.45, 7) is 3.92. The van der Waals surface area contributed by atoms with E-state index < -0.39 is 12.1 Å². The molecule has 0 saturated heterocycles. The third kappa shape index (κ3) is 4.24. The molecule has 6 heteroatoms. The minimum absolute atomic E-state index is 0. The molecule has 0 aliphatic carbocycles. The number of ether oxygens (including phenoxy) is 1. The Labute approximate surface area is 128 Å². The molecule has 0 aromatic heterocycles. The topological polar surface area (TPSA) is 75.7 Å². The Morgan fingerprint density at radius 1 is 1.42 bits per heavy atom. The van der Waals surface area contributed by atoms with Gasteiger partial charge < -0.3 is 20.7 Å². The number of benzene rings is 1. The molecule has 0 bridgehead atoms. The molecule has 1 rings (SSSR count). The van der Waals surface area contributed by atoms with E-state index in [0.29, 0.717) is 11.3 Å². The number of aromatic hydroxyl groups is 1. The fourth-order valence-corrected chi connectivity index (χ4v) is 2.24. The van der Waals surface area contributed by atoms with E-state index in [0.717, 1.165) is 10.9 Å². The van der Waals surface area contributed by atoms with E-state index in [1.807, 2.05) is 13.8 Å². The molecule has 0 heterocycles. The van der Waals surface area contributed by atoms with Crippen LogP contribution in [-0.4, -0.2) is 23.4 Å². The quantitative estimate of drug-likeness (QED) is 0.760. The first-order valence-electron chi connectivity index (χ1n) is 5.92. The first kappa shape index (κ1) is 18.5. The molecule has 0 amide bonds. The molecule has 0 saturated carbocycles. The average molecular weight is 355 g/mol. The molecule has 1 aromatic carbocycles. The molecule has 0 aliphatic rings. The number of halogens is 2. The third-order valence-electron chi connectivity index (χ3n) is 3.24. The van der Waals surface area contributed by atoms with Crippen molar-refractivity contribution in [3.8, 4) is 11.5 Å². The molecule has 0 aliphatic heterocycles. The van der Waals surface area contributed by atoms with Gasteiger partial charge in [-0.1, -0.05) is 36.2 Å². The fraction of sp³-hybridized carbons (Fsp3) is 0.538. The number of phenolic OH excluding ortho intramolecular Hbond substituents is 1. The minimum Gasteiger partial charge on any atom is -0.504 e. The number of hydrogen-bond donors (Lipinski definition) is 3. The molecule has 3 atom stereocenters.